The van der Waals surface area contributed by atoms with Gasteiger partial charge in [-0.2, -0.15) is 0 Å². The zero-order valence-corrected chi connectivity index (χ0v) is 14.0. The lowest BCUT2D eigenvalue weighted by atomic mass is 9.85. The molecule has 0 aromatic heterocycles. The molecule has 3 nitrogen and oxygen atoms in total. The van der Waals surface area contributed by atoms with E-state index in [0.29, 0.717) is 6.04 Å². The molecule has 1 N–H and O–H groups in total. The van der Waals surface area contributed by atoms with Crippen molar-refractivity contribution in [1.82, 2.24) is 15.1 Å². The molecule has 0 bridgehead atoms. The second-order valence-corrected chi connectivity index (χ2v) is 7.63. The summed E-state index contributed by atoms with van der Waals surface area (Å²) >= 11 is 0. The van der Waals surface area contributed by atoms with Gasteiger partial charge in [0.25, 0.3) is 0 Å². The highest BCUT2D eigenvalue weighted by Crippen LogP contribution is 2.30. The Morgan fingerprint density at radius 3 is 2.48 bits per heavy atom. The second kappa shape index (κ2) is 7.94. The third-order valence-corrected chi connectivity index (χ3v) is 6.13. The molecular weight excluding hydrogens is 258 g/mol. The predicted octanol–water partition coefficient (Wildman–Crippen LogP) is 2.71. The number of nitrogens with one attached hydrogen (secondary N) is 1. The minimum atomic E-state index is 0.692. The lowest BCUT2D eigenvalue weighted by molar-refractivity contribution is 0.0663. The molecule has 3 aliphatic rings. The van der Waals surface area contributed by atoms with E-state index < -0.39 is 0 Å². The first-order chi connectivity index (χ1) is 10.3. The highest BCUT2D eigenvalue weighted by atomic mass is 15.2. The zero-order chi connectivity index (χ0) is 14.5. The van der Waals surface area contributed by atoms with Crippen LogP contribution in [0.3, 0.4) is 0 Å². The fourth-order valence-corrected chi connectivity index (χ4v) is 4.33. The molecule has 3 rings (SSSR count). The van der Waals surface area contributed by atoms with Crippen LogP contribution in [-0.2, 0) is 0 Å². The van der Waals surface area contributed by atoms with Gasteiger partial charge in [-0.15, -0.1) is 0 Å². The summed E-state index contributed by atoms with van der Waals surface area (Å²) in [7, 11) is 0. The van der Waals surface area contributed by atoms with Crippen LogP contribution < -0.4 is 5.32 Å². The van der Waals surface area contributed by atoms with E-state index in [0.717, 1.165) is 12.0 Å². The second-order valence-electron chi connectivity index (χ2n) is 7.63. The molecule has 0 aromatic carbocycles. The number of nitrogens with zero attached hydrogens (tertiary/aromatic N) is 2. The molecule has 1 saturated carbocycles. The first-order valence-corrected chi connectivity index (χ1v) is 9.53. The summed E-state index contributed by atoms with van der Waals surface area (Å²) in [6, 6.07) is 1.63. The van der Waals surface area contributed by atoms with E-state index in [-0.39, 0.29) is 0 Å². The summed E-state index contributed by atoms with van der Waals surface area (Å²) in [5.41, 5.74) is 0. The number of piperidine rings is 2. The van der Waals surface area contributed by atoms with Gasteiger partial charge < -0.3 is 15.1 Å². The van der Waals surface area contributed by atoms with Gasteiger partial charge in [0, 0.05) is 31.7 Å². The normalized spacial score (nSPS) is 31.0. The minimum Gasteiger partial charge on any atom is -0.313 e. The van der Waals surface area contributed by atoms with Crippen molar-refractivity contribution in [3.8, 4) is 0 Å². The molecule has 2 saturated heterocycles. The van der Waals surface area contributed by atoms with E-state index in [1.54, 1.807) is 0 Å². The van der Waals surface area contributed by atoms with Crippen LogP contribution in [-0.4, -0.2) is 61.2 Å². The van der Waals surface area contributed by atoms with Crippen molar-refractivity contribution < 1.29 is 0 Å². The highest BCUT2D eigenvalue weighted by Gasteiger charge is 2.31. The molecule has 0 amide bonds. The average molecular weight is 293 g/mol. The summed E-state index contributed by atoms with van der Waals surface area (Å²) in [5, 5.41) is 3.83. The van der Waals surface area contributed by atoms with Gasteiger partial charge in [0.05, 0.1) is 0 Å². The Balaban J connectivity index is 1.34. The van der Waals surface area contributed by atoms with Gasteiger partial charge >= 0.3 is 0 Å². The topological polar surface area (TPSA) is 18.5 Å². The van der Waals surface area contributed by atoms with E-state index in [1.165, 1.54) is 90.6 Å². The van der Waals surface area contributed by atoms with Crippen LogP contribution in [0.1, 0.15) is 58.3 Å². The first kappa shape index (κ1) is 15.8. The van der Waals surface area contributed by atoms with E-state index >= 15 is 0 Å². The fourth-order valence-electron chi connectivity index (χ4n) is 4.33. The van der Waals surface area contributed by atoms with Crippen molar-refractivity contribution in [2.45, 2.75) is 70.4 Å². The van der Waals surface area contributed by atoms with Crippen molar-refractivity contribution >= 4 is 0 Å². The largest absolute Gasteiger partial charge is 0.313 e. The third-order valence-electron chi connectivity index (χ3n) is 6.13. The quantitative estimate of drug-likeness (QED) is 0.812. The minimum absolute atomic E-state index is 0.692. The maximum atomic E-state index is 3.83. The maximum absolute atomic E-state index is 3.83. The summed E-state index contributed by atoms with van der Waals surface area (Å²) < 4.78 is 0. The number of likely N-dealkylation sites (tertiary alicyclic amines) is 2. The monoisotopic (exact) mass is 293 g/mol. The molecule has 0 spiro atoms. The molecule has 0 unspecified atom stereocenters. The van der Waals surface area contributed by atoms with Crippen molar-refractivity contribution in [2.24, 2.45) is 5.92 Å². The van der Waals surface area contributed by atoms with Crippen LogP contribution >= 0.6 is 0 Å². The van der Waals surface area contributed by atoms with Crippen molar-refractivity contribution in [1.29, 1.82) is 0 Å². The van der Waals surface area contributed by atoms with Crippen LogP contribution in [0.4, 0.5) is 0 Å². The van der Waals surface area contributed by atoms with Crippen LogP contribution in [0.15, 0.2) is 0 Å². The third kappa shape index (κ3) is 4.43. The molecule has 3 fully saturated rings. The number of hydrogen-bond acceptors (Lipinski definition) is 3. The lowest BCUT2D eigenvalue weighted by Crippen LogP contribution is -2.50. The first-order valence-electron chi connectivity index (χ1n) is 9.53. The predicted molar refractivity (Wildman–Crippen MR) is 89.7 cm³/mol. The molecule has 0 radical (unpaired) electrons. The Kier molecular flexibility index (Phi) is 5.96. The van der Waals surface area contributed by atoms with Gasteiger partial charge in [0.2, 0.25) is 0 Å². The molecule has 3 heteroatoms. The van der Waals surface area contributed by atoms with E-state index in [4.69, 9.17) is 0 Å². The van der Waals surface area contributed by atoms with Crippen molar-refractivity contribution in [3.63, 3.8) is 0 Å². The smallest absolute Gasteiger partial charge is 0.0107 e. The van der Waals surface area contributed by atoms with Gasteiger partial charge in [-0.3, -0.25) is 0 Å². The van der Waals surface area contributed by atoms with Crippen LogP contribution in [0, 0.1) is 5.92 Å². The van der Waals surface area contributed by atoms with E-state index in [2.05, 4.69) is 22.0 Å². The van der Waals surface area contributed by atoms with Gasteiger partial charge in [-0.25, -0.2) is 0 Å². The molecule has 1 aliphatic carbocycles. The summed E-state index contributed by atoms with van der Waals surface area (Å²) in [4.78, 5) is 5.44. The van der Waals surface area contributed by atoms with Crippen molar-refractivity contribution in [3.05, 3.63) is 0 Å². The summed E-state index contributed by atoms with van der Waals surface area (Å²) in [5.74, 6) is 0.876. The van der Waals surface area contributed by atoms with Crippen LogP contribution in [0.2, 0.25) is 0 Å². The van der Waals surface area contributed by atoms with E-state index in [9.17, 15) is 0 Å². The maximum Gasteiger partial charge on any atom is 0.0107 e. The Hall–Kier alpha value is -0.120. The van der Waals surface area contributed by atoms with Crippen molar-refractivity contribution in [2.75, 3.05) is 39.3 Å². The Morgan fingerprint density at radius 1 is 0.952 bits per heavy atom. The van der Waals surface area contributed by atoms with Gasteiger partial charge in [0.1, 0.15) is 0 Å². The zero-order valence-electron chi connectivity index (χ0n) is 14.0. The van der Waals surface area contributed by atoms with Gasteiger partial charge in [-0.1, -0.05) is 12.8 Å². The summed E-state index contributed by atoms with van der Waals surface area (Å²) in [6.07, 6.45) is 11.5. The average Bonchev–Trinajstić information content (AvgIpc) is 2.47. The number of rotatable bonds is 6. The molecule has 0 aromatic rings. The Bertz CT molecular complexity index is 297. The van der Waals surface area contributed by atoms with Gasteiger partial charge in [-0.05, 0) is 71.0 Å². The van der Waals surface area contributed by atoms with Crippen LogP contribution in [0.5, 0.6) is 0 Å². The highest BCUT2D eigenvalue weighted by molar-refractivity contribution is 4.87. The van der Waals surface area contributed by atoms with E-state index in [1.807, 2.05) is 0 Å². The van der Waals surface area contributed by atoms with Crippen LogP contribution in [0.25, 0.3) is 0 Å². The molecule has 2 aliphatic heterocycles. The Morgan fingerprint density at radius 2 is 1.76 bits per heavy atom. The molecule has 122 valence electrons. The molecule has 2 atom stereocenters. The Labute approximate surface area is 131 Å². The number of hydrogen-bond donors (Lipinski definition) is 1. The fraction of sp³-hybridized carbons (Fsp3) is 1.00. The molecule has 2 heterocycles. The lowest BCUT2D eigenvalue weighted by Gasteiger charge is -2.44. The van der Waals surface area contributed by atoms with Gasteiger partial charge in [0.15, 0.2) is 0 Å². The molecule has 21 heavy (non-hydrogen) atoms. The standard InChI is InChI=1S/C18H35N3/c1-16(19-10-14-20-11-3-2-4-12-20)17-7-6-13-21(15-17)18-8-5-9-18/h16-19H,2-15H2,1H3/t16-,17-/m0/s1. The SMILES string of the molecule is C[C@H](NCCN1CCCCC1)[C@H]1CCCN(C2CCC2)C1. The summed E-state index contributed by atoms with van der Waals surface area (Å²) in [6.45, 7) is 10.2. The molecular formula is C18H35N3.